The number of rotatable bonds is 6. The van der Waals surface area contributed by atoms with Gasteiger partial charge in [-0.1, -0.05) is 29.5 Å². The van der Waals surface area contributed by atoms with Gasteiger partial charge in [-0.2, -0.15) is 0 Å². The van der Waals surface area contributed by atoms with Crippen LogP contribution in [0.5, 0.6) is 0 Å². The average molecular weight is 401 g/mol. The summed E-state index contributed by atoms with van der Waals surface area (Å²) < 4.78 is 6.54. The molecule has 0 unspecified atom stereocenters. The van der Waals surface area contributed by atoms with Crippen molar-refractivity contribution in [2.45, 2.75) is 0 Å². The Morgan fingerprint density at radius 3 is 2.85 bits per heavy atom. The number of morpholine rings is 1. The van der Waals surface area contributed by atoms with Crippen molar-refractivity contribution in [3.05, 3.63) is 52.7 Å². The van der Waals surface area contributed by atoms with E-state index in [4.69, 9.17) is 9.72 Å². The van der Waals surface area contributed by atoms with Gasteiger partial charge in [0.2, 0.25) is 0 Å². The molecule has 4 rings (SSSR count). The fourth-order valence-electron chi connectivity index (χ4n) is 3.09. The highest BCUT2D eigenvalue weighted by Crippen LogP contribution is 2.28. The van der Waals surface area contributed by atoms with Crippen LogP contribution in [0.3, 0.4) is 0 Å². The molecule has 0 bridgehead atoms. The third-order valence-corrected chi connectivity index (χ3v) is 6.50. The quantitative estimate of drug-likeness (QED) is 0.646. The summed E-state index contributed by atoms with van der Waals surface area (Å²) >= 11 is 3.20. The van der Waals surface area contributed by atoms with Crippen LogP contribution in [0.4, 0.5) is 5.13 Å². The van der Waals surface area contributed by atoms with Crippen LogP contribution >= 0.6 is 22.7 Å². The van der Waals surface area contributed by atoms with Crippen LogP contribution in [-0.4, -0.2) is 50.3 Å². The first-order valence-electron chi connectivity index (χ1n) is 9.09. The van der Waals surface area contributed by atoms with Crippen molar-refractivity contribution in [3.63, 3.8) is 0 Å². The predicted molar refractivity (Wildman–Crippen MR) is 112 cm³/mol. The van der Waals surface area contributed by atoms with E-state index in [0.717, 1.165) is 53.1 Å². The van der Waals surface area contributed by atoms with Gasteiger partial charge in [-0.3, -0.25) is 9.69 Å². The van der Waals surface area contributed by atoms with Crippen molar-refractivity contribution >= 4 is 50.0 Å². The number of fused-ring (bicyclic) bond motifs is 1. The monoisotopic (exact) mass is 400 g/mol. The number of quaternary nitrogens is 1. The third kappa shape index (κ3) is 4.62. The van der Waals surface area contributed by atoms with Crippen molar-refractivity contribution in [1.82, 2.24) is 4.98 Å². The van der Waals surface area contributed by atoms with Crippen LogP contribution in [0, 0.1) is 0 Å². The summed E-state index contributed by atoms with van der Waals surface area (Å²) in [6.07, 6.45) is 3.54. The highest BCUT2D eigenvalue weighted by molar-refractivity contribution is 7.22. The smallest absolute Gasteiger partial charge is 0.253 e. The number of para-hydroxylation sites is 1. The second-order valence-electron chi connectivity index (χ2n) is 6.42. The summed E-state index contributed by atoms with van der Waals surface area (Å²) in [5.74, 6) is -0.0184. The number of nitrogens with one attached hydrogen (secondary N) is 1. The van der Waals surface area contributed by atoms with Gasteiger partial charge in [-0.05, 0) is 29.7 Å². The molecule has 5 nitrogen and oxygen atoms in total. The molecule has 1 aliphatic heterocycles. The lowest BCUT2D eigenvalue weighted by Gasteiger charge is -2.26. The second kappa shape index (κ2) is 8.75. The number of carbonyl (C=O) groups is 1. The maximum Gasteiger partial charge on any atom is 0.253 e. The Morgan fingerprint density at radius 1 is 1.22 bits per heavy atom. The minimum atomic E-state index is -0.0184. The molecule has 140 valence electrons. The molecule has 7 heteroatoms. The van der Waals surface area contributed by atoms with Gasteiger partial charge in [0.15, 0.2) is 5.13 Å². The number of hydrogen-bond donors (Lipinski definition) is 1. The maximum atomic E-state index is 13.0. The topological polar surface area (TPSA) is 46.9 Å². The zero-order valence-corrected chi connectivity index (χ0v) is 16.6. The molecule has 1 aliphatic rings. The van der Waals surface area contributed by atoms with Crippen molar-refractivity contribution in [2.24, 2.45) is 0 Å². The average Bonchev–Trinajstić information content (AvgIpc) is 3.37. The SMILES string of the molecule is O=C(/C=C/c1cccs1)N(CC[NH+]1CCOCC1)c1nc2ccccc2s1. The molecule has 1 amide bonds. The van der Waals surface area contributed by atoms with Gasteiger partial charge in [-0.15, -0.1) is 11.3 Å². The second-order valence-corrected chi connectivity index (χ2v) is 8.40. The molecule has 2 aromatic heterocycles. The van der Waals surface area contributed by atoms with Crippen LogP contribution in [-0.2, 0) is 9.53 Å². The zero-order chi connectivity index (χ0) is 18.5. The molecule has 1 fully saturated rings. The van der Waals surface area contributed by atoms with E-state index in [1.165, 1.54) is 4.90 Å². The number of thiophene rings is 1. The fraction of sp³-hybridized carbons (Fsp3) is 0.300. The van der Waals surface area contributed by atoms with E-state index >= 15 is 0 Å². The minimum absolute atomic E-state index is 0.0184. The Balaban J connectivity index is 1.54. The van der Waals surface area contributed by atoms with Crippen LogP contribution in [0.25, 0.3) is 16.3 Å². The lowest BCUT2D eigenvalue weighted by atomic mass is 10.3. The number of ether oxygens (including phenoxy) is 1. The molecule has 0 atom stereocenters. The van der Waals surface area contributed by atoms with Gasteiger partial charge in [-0.25, -0.2) is 4.98 Å². The molecule has 27 heavy (non-hydrogen) atoms. The molecule has 1 saturated heterocycles. The number of aromatic nitrogens is 1. The van der Waals surface area contributed by atoms with Crippen LogP contribution < -0.4 is 9.80 Å². The molecular weight excluding hydrogens is 378 g/mol. The van der Waals surface area contributed by atoms with Crippen molar-refractivity contribution in [3.8, 4) is 0 Å². The Hall–Kier alpha value is -2.06. The fourth-order valence-corrected chi connectivity index (χ4v) is 4.70. The number of nitrogens with zero attached hydrogens (tertiary/aromatic N) is 2. The lowest BCUT2D eigenvalue weighted by Crippen LogP contribution is -3.14. The first kappa shape index (κ1) is 18.3. The molecule has 0 spiro atoms. The standard InChI is InChI=1S/C20H21N3O2S2/c24-19(8-7-16-4-3-15-26-16)23(10-9-22-11-13-25-14-12-22)20-21-17-5-1-2-6-18(17)27-20/h1-8,15H,9-14H2/p+1/b8-7+. The summed E-state index contributed by atoms with van der Waals surface area (Å²) in [7, 11) is 0. The summed E-state index contributed by atoms with van der Waals surface area (Å²) in [6.45, 7) is 5.13. The number of amides is 1. The molecule has 3 heterocycles. The largest absolute Gasteiger partial charge is 0.370 e. The highest BCUT2D eigenvalue weighted by Gasteiger charge is 2.21. The van der Waals surface area contributed by atoms with E-state index in [0.29, 0.717) is 6.54 Å². The number of carbonyl (C=O) groups excluding carboxylic acids is 1. The summed E-state index contributed by atoms with van der Waals surface area (Å²) in [5, 5.41) is 2.78. The molecular formula is C20H22N3O2S2+. The van der Waals surface area contributed by atoms with Crippen LogP contribution in [0.15, 0.2) is 47.9 Å². The Kier molecular flexibility index (Phi) is 5.94. The van der Waals surface area contributed by atoms with Crippen LogP contribution in [0.1, 0.15) is 4.88 Å². The van der Waals surface area contributed by atoms with Crippen LogP contribution in [0.2, 0.25) is 0 Å². The van der Waals surface area contributed by atoms with Gasteiger partial charge in [0.25, 0.3) is 5.91 Å². The van der Waals surface area contributed by atoms with E-state index in [2.05, 4.69) is 0 Å². The van der Waals surface area contributed by atoms with Gasteiger partial charge in [0, 0.05) is 11.0 Å². The van der Waals surface area contributed by atoms with E-state index in [1.54, 1.807) is 28.7 Å². The number of thiazole rings is 1. The molecule has 0 aliphatic carbocycles. The zero-order valence-electron chi connectivity index (χ0n) is 15.0. The Bertz CT molecular complexity index is 881. The first-order chi connectivity index (χ1) is 13.3. The van der Waals surface area contributed by atoms with Crippen molar-refractivity contribution in [1.29, 1.82) is 0 Å². The number of anilines is 1. The summed E-state index contributed by atoms with van der Waals surface area (Å²) in [5.41, 5.74) is 0.941. The van der Waals surface area contributed by atoms with Crippen molar-refractivity contribution in [2.75, 3.05) is 44.3 Å². The van der Waals surface area contributed by atoms with E-state index < -0.39 is 0 Å². The van der Waals surface area contributed by atoms with Gasteiger partial charge in [0.05, 0.1) is 36.5 Å². The van der Waals surface area contributed by atoms with Gasteiger partial charge < -0.3 is 9.64 Å². The molecule has 0 radical (unpaired) electrons. The third-order valence-electron chi connectivity index (χ3n) is 4.60. The number of benzene rings is 1. The van der Waals surface area contributed by atoms with Crippen molar-refractivity contribution < 1.29 is 14.4 Å². The first-order valence-corrected chi connectivity index (χ1v) is 10.8. The lowest BCUT2D eigenvalue weighted by molar-refractivity contribution is -0.906. The molecule has 0 saturated carbocycles. The Morgan fingerprint density at radius 2 is 2.07 bits per heavy atom. The predicted octanol–water partition coefficient (Wildman–Crippen LogP) is 2.32. The number of hydrogen-bond acceptors (Lipinski definition) is 5. The van der Waals surface area contributed by atoms with E-state index in [1.807, 2.05) is 52.8 Å². The highest BCUT2D eigenvalue weighted by atomic mass is 32.1. The summed E-state index contributed by atoms with van der Waals surface area (Å²) in [4.78, 5) is 22.0. The molecule has 1 N–H and O–H groups in total. The van der Waals surface area contributed by atoms with Gasteiger partial charge in [0.1, 0.15) is 13.1 Å². The normalized spacial score (nSPS) is 15.6. The maximum absolute atomic E-state index is 13.0. The summed E-state index contributed by atoms with van der Waals surface area (Å²) in [6, 6.07) is 12.0. The molecule has 1 aromatic carbocycles. The Labute approximate surface area is 166 Å². The van der Waals surface area contributed by atoms with E-state index in [9.17, 15) is 4.79 Å². The minimum Gasteiger partial charge on any atom is -0.370 e. The van der Waals surface area contributed by atoms with Gasteiger partial charge >= 0.3 is 0 Å². The van der Waals surface area contributed by atoms with E-state index in [-0.39, 0.29) is 5.91 Å². The molecule has 3 aromatic rings.